The number of thiol groups is 1. The van der Waals surface area contributed by atoms with Crippen LogP contribution in [0.2, 0.25) is 0 Å². The van der Waals surface area contributed by atoms with Crippen LogP contribution in [0.3, 0.4) is 0 Å². The van der Waals surface area contributed by atoms with E-state index in [1.807, 2.05) is 36.4 Å². The Hall–Kier alpha value is -1.26. The molecule has 2 rings (SSSR count). The normalized spacial score (nSPS) is 11.3. The van der Waals surface area contributed by atoms with Crippen LogP contribution in [0.1, 0.15) is 36.7 Å². The van der Waals surface area contributed by atoms with Crippen LogP contribution in [0.4, 0.5) is 5.69 Å². The molecule has 4 heteroatoms. The highest BCUT2D eigenvalue weighted by Crippen LogP contribution is 2.30. The number of hydrogen-bond acceptors (Lipinski definition) is 2. The largest absolute Gasteiger partial charge is 0.322 e. The first-order chi connectivity index (χ1) is 9.79. The van der Waals surface area contributed by atoms with Crippen LogP contribution >= 0.6 is 28.6 Å². The molecule has 2 nitrogen and oxygen atoms in total. The topological polar surface area (TPSA) is 29.1 Å². The Morgan fingerprint density at radius 2 is 1.81 bits per heavy atom. The maximum absolute atomic E-state index is 12.5. The zero-order chi connectivity index (χ0) is 15.6. The van der Waals surface area contributed by atoms with Crippen molar-refractivity contribution >= 4 is 40.2 Å². The molecule has 0 aliphatic heterocycles. The molecule has 0 saturated carbocycles. The first-order valence-corrected chi connectivity index (χ1v) is 7.92. The number of carbonyl (C=O) groups is 1. The van der Waals surface area contributed by atoms with Crippen molar-refractivity contribution in [2.24, 2.45) is 0 Å². The van der Waals surface area contributed by atoms with E-state index < -0.39 is 0 Å². The molecular formula is C17H18BrNOS. The van der Waals surface area contributed by atoms with E-state index in [0.29, 0.717) is 5.56 Å². The molecule has 0 saturated heterocycles. The van der Waals surface area contributed by atoms with E-state index in [4.69, 9.17) is 0 Å². The summed E-state index contributed by atoms with van der Waals surface area (Å²) in [5.74, 6) is -0.144. The SMILES string of the molecule is CC(C)(C)c1ccccc1NC(=O)c1cc(S)ccc1Br. The van der Waals surface area contributed by atoms with Crippen molar-refractivity contribution in [3.05, 3.63) is 58.1 Å². The second-order valence-corrected chi connectivity index (χ2v) is 7.28. The van der Waals surface area contributed by atoms with Crippen LogP contribution in [0, 0.1) is 0 Å². The Bertz CT molecular complexity index is 677. The zero-order valence-corrected chi connectivity index (χ0v) is 14.8. The lowest BCUT2D eigenvalue weighted by Gasteiger charge is -2.23. The maximum atomic E-state index is 12.5. The molecule has 0 spiro atoms. The molecule has 2 aromatic rings. The van der Waals surface area contributed by atoms with Gasteiger partial charge in [-0.1, -0.05) is 39.0 Å². The first-order valence-electron chi connectivity index (χ1n) is 6.68. The van der Waals surface area contributed by atoms with Gasteiger partial charge >= 0.3 is 0 Å². The van der Waals surface area contributed by atoms with Crippen molar-refractivity contribution in [1.82, 2.24) is 0 Å². The molecule has 0 aliphatic rings. The van der Waals surface area contributed by atoms with E-state index in [9.17, 15) is 4.79 Å². The van der Waals surface area contributed by atoms with Crippen molar-refractivity contribution in [2.75, 3.05) is 5.32 Å². The minimum Gasteiger partial charge on any atom is -0.322 e. The molecule has 0 atom stereocenters. The summed E-state index contributed by atoms with van der Waals surface area (Å²) < 4.78 is 0.756. The predicted octanol–water partition coefficient (Wildman–Crippen LogP) is 5.29. The highest BCUT2D eigenvalue weighted by Gasteiger charge is 2.19. The fraction of sp³-hybridized carbons (Fsp3) is 0.235. The maximum Gasteiger partial charge on any atom is 0.256 e. The van der Waals surface area contributed by atoms with Gasteiger partial charge in [0.05, 0.1) is 5.56 Å². The lowest BCUT2D eigenvalue weighted by Crippen LogP contribution is -2.19. The van der Waals surface area contributed by atoms with E-state index >= 15 is 0 Å². The summed E-state index contributed by atoms with van der Waals surface area (Å²) in [7, 11) is 0. The third kappa shape index (κ3) is 3.89. The van der Waals surface area contributed by atoms with Crippen molar-refractivity contribution in [3.63, 3.8) is 0 Å². The average Bonchev–Trinajstić information content (AvgIpc) is 2.41. The summed E-state index contributed by atoms with van der Waals surface area (Å²) in [6, 6.07) is 13.3. The van der Waals surface area contributed by atoms with Crippen LogP contribution < -0.4 is 5.32 Å². The molecule has 0 fully saturated rings. The Labute approximate surface area is 139 Å². The lowest BCUT2D eigenvalue weighted by atomic mass is 9.86. The Morgan fingerprint density at radius 1 is 1.14 bits per heavy atom. The number of para-hydroxylation sites is 1. The minimum absolute atomic E-state index is 0.0352. The van der Waals surface area contributed by atoms with Crippen molar-refractivity contribution < 1.29 is 4.79 Å². The summed E-state index contributed by atoms with van der Waals surface area (Å²) in [5.41, 5.74) is 2.49. The highest BCUT2D eigenvalue weighted by atomic mass is 79.9. The van der Waals surface area contributed by atoms with Gasteiger partial charge in [-0.05, 0) is 51.2 Å². The second kappa shape index (κ2) is 6.24. The molecule has 0 heterocycles. The van der Waals surface area contributed by atoms with E-state index in [0.717, 1.165) is 20.6 Å². The Balaban J connectivity index is 2.35. The molecule has 0 radical (unpaired) electrons. The van der Waals surface area contributed by atoms with Gasteiger partial charge in [-0.25, -0.2) is 0 Å². The van der Waals surface area contributed by atoms with Gasteiger partial charge in [-0.15, -0.1) is 12.6 Å². The number of hydrogen-bond donors (Lipinski definition) is 2. The van der Waals surface area contributed by atoms with Crippen LogP contribution in [0.5, 0.6) is 0 Å². The number of nitrogens with one attached hydrogen (secondary N) is 1. The molecule has 2 aromatic carbocycles. The number of carbonyl (C=O) groups excluding carboxylic acids is 1. The Morgan fingerprint density at radius 3 is 2.48 bits per heavy atom. The van der Waals surface area contributed by atoms with Crippen molar-refractivity contribution in [3.8, 4) is 0 Å². The molecule has 0 aromatic heterocycles. The van der Waals surface area contributed by atoms with Gasteiger partial charge in [0.15, 0.2) is 0 Å². The minimum atomic E-state index is -0.144. The van der Waals surface area contributed by atoms with Gasteiger partial charge < -0.3 is 5.32 Å². The monoisotopic (exact) mass is 363 g/mol. The molecule has 1 amide bonds. The molecule has 0 unspecified atom stereocenters. The Kier molecular flexibility index (Phi) is 4.79. The van der Waals surface area contributed by atoms with Gasteiger partial charge in [0.2, 0.25) is 0 Å². The molecule has 110 valence electrons. The second-order valence-electron chi connectivity index (χ2n) is 5.91. The number of rotatable bonds is 2. The van der Waals surface area contributed by atoms with E-state index in [2.05, 4.69) is 54.6 Å². The van der Waals surface area contributed by atoms with Crippen LogP contribution in [0.25, 0.3) is 0 Å². The molecule has 0 aliphatic carbocycles. The quantitative estimate of drug-likeness (QED) is 0.697. The van der Waals surface area contributed by atoms with E-state index in [1.54, 1.807) is 6.07 Å². The third-order valence-electron chi connectivity index (χ3n) is 3.18. The summed E-state index contributed by atoms with van der Waals surface area (Å²) in [5, 5.41) is 3.00. The van der Waals surface area contributed by atoms with Gasteiger partial charge in [0.25, 0.3) is 5.91 Å². The van der Waals surface area contributed by atoms with Crippen molar-refractivity contribution in [2.45, 2.75) is 31.1 Å². The first kappa shape index (κ1) is 16.1. The smallest absolute Gasteiger partial charge is 0.256 e. The summed E-state index contributed by atoms with van der Waals surface area (Å²) in [4.78, 5) is 13.2. The number of amides is 1. The number of halogens is 1. The average molecular weight is 364 g/mol. The number of anilines is 1. The molecule has 0 bridgehead atoms. The van der Waals surface area contributed by atoms with E-state index in [-0.39, 0.29) is 11.3 Å². The molecule has 21 heavy (non-hydrogen) atoms. The van der Waals surface area contributed by atoms with Gasteiger partial charge in [-0.2, -0.15) is 0 Å². The van der Waals surface area contributed by atoms with Gasteiger partial charge in [0, 0.05) is 15.1 Å². The molecule has 1 N–H and O–H groups in total. The fourth-order valence-corrected chi connectivity index (χ4v) is 2.75. The van der Waals surface area contributed by atoms with Crippen LogP contribution in [-0.4, -0.2) is 5.91 Å². The van der Waals surface area contributed by atoms with Crippen molar-refractivity contribution in [1.29, 1.82) is 0 Å². The lowest BCUT2D eigenvalue weighted by molar-refractivity contribution is 0.102. The standard InChI is InChI=1S/C17H18BrNOS/c1-17(2,3)13-6-4-5-7-15(13)19-16(20)12-10-11(21)8-9-14(12)18/h4-10,21H,1-3H3,(H,19,20). The number of benzene rings is 2. The summed E-state index contributed by atoms with van der Waals surface area (Å²) >= 11 is 7.70. The summed E-state index contributed by atoms with van der Waals surface area (Å²) in [6.07, 6.45) is 0. The third-order valence-corrected chi connectivity index (χ3v) is 4.15. The highest BCUT2D eigenvalue weighted by molar-refractivity contribution is 9.10. The van der Waals surface area contributed by atoms with Gasteiger partial charge in [-0.3, -0.25) is 4.79 Å². The summed E-state index contributed by atoms with van der Waals surface area (Å²) in [6.45, 7) is 6.38. The van der Waals surface area contributed by atoms with Crippen LogP contribution in [0.15, 0.2) is 51.8 Å². The van der Waals surface area contributed by atoms with Crippen LogP contribution in [-0.2, 0) is 5.41 Å². The van der Waals surface area contributed by atoms with E-state index in [1.165, 1.54) is 0 Å². The molecular weight excluding hydrogens is 346 g/mol. The van der Waals surface area contributed by atoms with Gasteiger partial charge in [0.1, 0.15) is 0 Å². The predicted molar refractivity (Wildman–Crippen MR) is 94.5 cm³/mol. The zero-order valence-electron chi connectivity index (χ0n) is 12.3. The fourth-order valence-electron chi connectivity index (χ4n) is 2.12.